The monoisotopic (exact) mass is 462 g/mol. The second kappa shape index (κ2) is 9.45. The third-order valence-corrected chi connectivity index (χ3v) is 6.28. The molecule has 1 aliphatic heterocycles. The smallest absolute Gasteiger partial charge is 0.254 e. The van der Waals surface area contributed by atoms with Crippen molar-refractivity contribution in [1.29, 1.82) is 0 Å². The van der Waals surface area contributed by atoms with E-state index in [0.29, 0.717) is 47.7 Å². The number of hydrogen-bond donors (Lipinski definition) is 2. The summed E-state index contributed by atoms with van der Waals surface area (Å²) in [6, 6.07) is 13.2. The quantitative estimate of drug-likeness (QED) is 0.565. The predicted octanol–water partition coefficient (Wildman–Crippen LogP) is 5.86. The molecular weight excluding hydrogens is 431 g/mol. The molecule has 178 valence electrons. The largest absolute Gasteiger partial charge is 0.493 e. The fraction of sp³-hybridized carbons (Fsp3) is 0.357. The van der Waals surface area contributed by atoms with E-state index in [1.807, 2.05) is 38.1 Å². The SMILES string of the molecule is CCCOc1ccccc1[C@H]1C(C(=O)Nc2ccc(F)cc2)=C(C)NC2=C1C(=O)CC(C)(C)C2. The molecule has 0 unspecified atom stereocenters. The number of para-hydroxylation sites is 1. The van der Waals surface area contributed by atoms with E-state index in [-0.39, 0.29) is 22.9 Å². The van der Waals surface area contributed by atoms with Crippen LogP contribution in [0.2, 0.25) is 0 Å². The van der Waals surface area contributed by atoms with Crippen LogP contribution in [0.1, 0.15) is 58.4 Å². The van der Waals surface area contributed by atoms with Crippen LogP contribution in [-0.4, -0.2) is 18.3 Å². The van der Waals surface area contributed by atoms with E-state index in [1.54, 1.807) is 0 Å². The molecule has 1 amide bonds. The number of halogens is 1. The van der Waals surface area contributed by atoms with Gasteiger partial charge in [-0.15, -0.1) is 0 Å². The first-order chi connectivity index (χ1) is 16.2. The number of carbonyl (C=O) groups is 2. The van der Waals surface area contributed by atoms with Gasteiger partial charge in [0.15, 0.2) is 5.78 Å². The summed E-state index contributed by atoms with van der Waals surface area (Å²) in [7, 11) is 0. The molecular formula is C28H31FN2O3. The number of ketones is 1. The van der Waals surface area contributed by atoms with Gasteiger partial charge in [0.2, 0.25) is 0 Å². The minimum absolute atomic E-state index is 0.0358. The van der Waals surface area contributed by atoms with Crippen LogP contribution in [0.4, 0.5) is 10.1 Å². The third-order valence-electron chi connectivity index (χ3n) is 6.28. The van der Waals surface area contributed by atoms with Crippen LogP contribution in [0, 0.1) is 11.2 Å². The highest BCUT2D eigenvalue weighted by atomic mass is 19.1. The van der Waals surface area contributed by atoms with Crippen molar-refractivity contribution >= 4 is 17.4 Å². The molecule has 0 fully saturated rings. The first kappa shape index (κ1) is 23.7. The van der Waals surface area contributed by atoms with Crippen molar-refractivity contribution in [3.05, 3.63) is 82.5 Å². The van der Waals surface area contributed by atoms with Crippen molar-refractivity contribution < 1.29 is 18.7 Å². The molecule has 1 heterocycles. The van der Waals surface area contributed by atoms with Gasteiger partial charge in [-0.2, -0.15) is 0 Å². The van der Waals surface area contributed by atoms with Gasteiger partial charge in [0.1, 0.15) is 11.6 Å². The Morgan fingerprint density at radius 3 is 2.56 bits per heavy atom. The molecule has 0 bridgehead atoms. The highest BCUT2D eigenvalue weighted by Gasteiger charge is 2.43. The standard InChI is InChI=1S/C28H31FN2O3/c1-5-14-34-23-9-7-6-8-20(23)25-24(27(33)31-19-12-10-18(29)11-13-19)17(2)30-21-15-28(3,4)16-22(32)26(21)25/h6-13,25,30H,5,14-16H2,1-4H3,(H,31,33)/t25-/m0/s1. The highest BCUT2D eigenvalue weighted by Crippen LogP contribution is 2.48. The zero-order chi connectivity index (χ0) is 24.5. The number of nitrogens with one attached hydrogen (secondary N) is 2. The van der Waals surface area contributed by atoms with E-state index in [1.165, 1.54) is 24.3 Å². The van der Waals surface area contributed by atoms with Crippen LogP contribution in [0.25, 0.3) is 0 Å². The van der Waals surface area contributed by atoms with Crippen LogP contribution < -0.4 is 15.4 Å². The average Bonchev–Trinajstić information content (AvgIpc) is 2.77. The van der Waals surface area contributed by atoms with Crippen molar-refractivity contribution in [3.8, 4) is 5.75 Å². The molecule has 6 heteroatoms. The molecule has 2 aromatic carbocycles. The van der Waals surface area contributed by atoms with Gasteiger partial charge in [-0.05, 0) is 55.5 Å². The molecule has 34 heavy (non-hydrogen) atoms. The number of ether oxygens (including phenoxy) is 1. The number of allylic oxidation sites excluding steroid dienone is 3. The van der Waals surface area contributed by atoms with Gasteiger partial charge < -0.3 is 15.4 Å². The average molecular weight is 463 g/mol. The van der Waals surface area contributed by atoms with Crippen molar-refractivity contribution in [3.63, 3.8) is 0 Å². The zero-order valence-corrected chi connectivity index (χ0v) is 20.1. The summed E-state index contributed by atoms with van der Waals surface area (Å²) >= 11 is 0. The minimum Gasteiger partial charge on any atom is -0.493 e. The Kier molecular flexibility index (Phi) is 6.60. The third kappa shape index (κ3) is 4.76. The number of hydrogen-bond acceptors (Lipinski definition) is 4. The van der Waals surface area contributed by atoms with E-state index in [2.05, 4.69) is 24.5 Å². The molecule has 0 saturated carbocycles. The van der Waals surface area contributed by atoms with E-state index < -0.39 is 5.92 Å². The van der Waals surface area contributed by atoms with Gasteiger partial charge >= 0.3 is 0 Å². The summed E-state index contributed by atoms with van der Waals surface area (Å²) in [4.78, 5) is 27.1. The maximum absolute atomic E-state index is 13.6. The maximum Gasteiger partial charge on any atom is 0.254 e. The summed E-state index contributed by atoms with van der Waals surface area (Å²) in [5, 5.41) is 6.25. The van der Waals surface area contributed by atoms with Gasteiger partial charge in [-0.3, -0.25) is 9.59 Å². The summed E-state index contributed by atoms with van der Waals surface area (Å²) in [5.74, 6) is -0.573. The minimum atomic E-state index is -0.562. The molecule has 0 saturated heterocycles. The lowest BCUT2D eigenvalue weighted by molar-refractivity contribution is -0.118. The van der Waals surface area contributed by atoms with Crippen LogP contribution in [0.3, 0.4) is 0 Å². The summed E-state index contributed by atoms with van der Waals surface area (Å²) in [6.45, 7) is 8.59. The normalized spacial score (nSPS) is 19.4. The lowest BCUT2D eigenvalue weighted by Gasteiger charge is -2.40. The van der Waals surface area contributed by atoms with Crippen LogP contribution >= 0.6 is 0 Å². The van der Waals surface area contributed by atoms with Crippen LogP contribution in [0.15, 0.2) is 71.1 Å². The van der Waals surface area contributed by atoms with Gasteiger partial charge in [0.05, 0.1) is 12.5 Å². The Labute approximate surface area is 200 Å². The molecule has 2 aliphatic rings. The zero-order valence-electron chi connectivity index (χ0n) is 20.1. The van der Waals surface area contributed by atoms with E-state index in [0.717, 1.165) is 17.7 Å². The molecule has 0 spiro atoms. The summed E-state index contributed by atoms with van der Waals surface area (Å²) in [6.07, 6.45) is 1.97. The Morgan fingerprint density at radius 2 is 1.85 bits per heavy atom. The second-order valence-electron chi connectivity index (χ2n) is 9.78. The van der Waals surface area contributed by atoms with Crippen LogP contribution in [0.5, 0.6) is 5.75 Å². The van der Waals surface area contributed by atoms with Crippen LogP contribution in [-0.2, 0) is 9.59 Å². The molecule has 2 N–H and O–H groups in total. The lowest BCUT2D eigenvalue weighted by atomic mass is 9.68. The Balaban J connectivity index is 1.82. The number of amides is 1. The number of dihydropyridines is 1. The predicted molar refractivity (Wildman–Crippen MR) is 131 cm³/mol. The summed E-state index contributed by atoms with van der Waals surface area (Å²) in [5.41, 5.74) is 3.76. The Morgan fingerprint density at radius 1 is 1.15 bits per heavy atom. The van der Waals surface area contributed by atoms with Gasteiger partial charge in [0, 0.05) is 40.2 Å². The Hall–Kier alpha value is -3.41. The maximum atomic E-state index is 13.6. The van der Waals surface area contributed by atoms with Gasteiger partial charge in [0.25, 0.3) is 5.91 Å². The second-order valence-corrected chi connectivity index (χ2v) is 9.78. The van der Waals surface area contributed by atoms with Crippen molar-refractivity contribution in [1.82, 2.24) is 5.32 Å². The number of benzene rings is 2. The fourth-order valence-electron chi connectivity index (χ4n) is 4.84. The lowest BCUT2D eigenvalue weighted by Crippen LogP contribution is -2.39. The topological polar surface area (TPSA) is 67.4 Å². The number of carbonyl (C=O) groups excluding carboxylic acids is 2. The molecule has 4 rings (SSSR count). The molecule has 1 aliphatic carbocycles. The fourth-order valence-corrected chi connectivity index (χ4v) is 4.84. The number of Topliss-reactive ketones (excluding diaryl/α,β-unsaturated/α-hetero) is 1. The number of rotatable bonds is 6. The van der Waals surface area contributed by atoms with E-state index in [4.69, 9.17) is 4.74 Å². The van der Waals surface area contributed by atoms with Gasteiger partial charge in [-0.1, -0.05) is 39.0 Å². The first-order valence-corrected chi connectivity index (χ1v) is 11.7. The molecule has 2 aromatic rings. The van der Waals surface area contributed by atoms with Crippen molar-refractivity contribution in [2.24, 2.45) is 5.41 Å². The van der Waals surface area contributed by atoms with E-state index in [9.17, 15) is 14.0 Å². The molecule has 1 atom stereocenters. The van der Waals surface area contributed by atoms with E-state index >= 15 is 0 Å². The van der Waals surface area contributed by atoms with Crippen molar-refractivity contribution in [2.45, 2.75) is 52.9 Å². The molecule has 5 nitrogen and oxygen atoms in total. The van der Waals surface area contributed by atoms with Crippen molar-refractivity contribution in [2.75, 3.05) is 11.9 Å². The first-order valence-electron chi connectivity index (χ1n) is 11.7. The highest BCUT2D eigenvalue weighted by molar-refractivity contribution is 6.10. The van der Waals surface area contributed by atoms with Gasteiger partial charge in [-0.25, -0.2) is 4.39 Å². The number of anilines is 1. The Bertz CT molecular complexity index is 1180. The summed E-state index contributed by atoms with van der Waals surface area (Å²) < 4.78 is 19.4. The molecule has 0 aromatic heterocycles. The molecule has 0 radical (unpaired) electrons.